The van der Waals surface area contributed by atoms with E-state index in [4.69, 9.17) is 0 Å². The molecule has 2 aromatic rings. The number of likely N-dealkylation sites (N-methyl/N-ethyl adjacent to an activating group) is 1. The molecule has 0 spiro atoms. The molecule has 1 aliphatic rings. The van der Waals surface area contributed by atoms with Crippen LogP contribution in [0.2, 0.25) is 0 Å². The first-order valence-electron chi connectivity index (χ1n) is 8.77. The molecular weight excluding hydrogens is 377 g/mol. The highest BCUT2D eigenvalue weighted by Crippen LogP contribution is 2.34. The molecule has 0 atom stereocenters. The van der Waals surface area contributed by atoms with E-state index in [1.807, 2.05) is 0 Å². The predicted octanol–water partition coefficient (Wildman–Crippen LogP) is 3.15. The lowest BCUT2D eigenvalue weighted by molar-refractivity contribution is -0.151. The molecular formula is C18H19F3N4O3. The molecule has 0 unspecified atom stereocenters. The fraction of sp³-hybridized carbons (Fsp3) is 0.444. The standard InChI is InChI=1S/C18H19F3N4O3/c1-24(17(16(27)28)8-3-2-4-9-17)15(26)14-11-25(23-22-14)13-7-5-6-12(10-13)18(19,20)21/h5-7,10-11H,2-4,8-9H2,1H3,(H,27,28). The van der Waals surface area contributed by atoms with E-state index in [1.165, 1.54) is 25.4 Å². The number of benzene rings is 1. The summed E-state index contributed by atoms with van der Waals surface area (Å²) in [4.78, 5) is 25.8. The van der Waals surface area contributed by atoms with Crippen LogP contribution in [0.3, 0.4) is 0 Å². The van der Waals surface area contributed by atoms with E-state index in [0.717, 1.165) is 28.1 Å². The van der Waals surface area contributed by atoms with Crippen molar-refractivity contribution in [3.8, 4) is 5.69 Å². The van der Waals surface area contributed by atoms with Crippen LogP contribution < -0.4 is 0 Å². The van der Waals surface area contributed by atoms with Crippen molar-refractivity contribution in [3.05, 3.63) is 41.7 Å². The molecule has 1 amide bonds. The number of hydrogen-bond donors (Lipinski definition) is 1. The zero-order valence-corrected chi connectivity index (χ0v) is 15.1. The first-order valence-corrected chi connectivity index (χ1v) is 8.77. The number of aliphatic carboxylic acids is 1. The Morgan fingerprint density at radius 1 is 1.21 bits per heavy atom. The number of aromatic nitrogens is 3. The highest BCUT2D eigenvalue weighted by atomic mass is 19.4. The van der Waals surface area contributed by atoms with Gasteiger partial charge in [-0.25, -0.2) is 9.48 Å². The first-order chi connectivity index (χ1) is 13.1. The van der Waals surface area contributed by atoms with Crippen molar-refractivity contribution in [3.63, 3.8) is 0 Å². The number of halogens is 3. The summed E-state index contributed by atoms with van der Waals surface area (Å²) in [5.74, 6) is -1.71. The molecule has 0 radical (unpaired) electrons. The molecule has 0 saturated heterocycles. The summed E-state index contributed by atoms with van der Waals surface area (Å²) in [5.41, 5.74) is -2.20. The van der Waals surface area contributed by atoms with Gasteiger partial charge in [0.05, 0.1) is 17.4 Å². The van der Waals surface area contributed by atoms with Crippen LogP contribution in [0.4, 0.5) is 13.2 Å². The van der Waals surface area contributed by atoms with Crippen molar-refractivity contribution < 1.29 is 27.9 Å². The van der Waals surface area contributed by atoms with Gasteiger partial charge in [-0.2, -0.15) is 13.2 Å². The minimum atomic E-state index is -4.51. The number of hydrogen-bond acceptors (Lipinski definition) is 4. The van der Waals surface area contributed by atoms with E-state index in [0.29, 0.717) is 25.7 Å². The van der Waals surface area contributed by atoms with E-state index < -0.39 is 29.2 Å². The van der Waals surface area contributed by atoms with Gasteiger partial charge >= 0.3 is 12.1 Å². The van der Waals surface area contributed by atoms with E-state index >= 15 is 0 Å². The Morgan fingerprint density at radius 2 is 1.89 bits per heavy atom. The molecule has 1 fully saturated rings. The van der Waals surface area contributed by atoms with E-state index in [1.54, 1.807) is 0 Å². The Bertz CT molecular complexity index is 888. The second kappa shape index (κ2) is 7.25. The van der Waals surface area contributed by atoms with E-state index in [9.17, 15) is 27.9 Å². The Hall–Kier alpha value is -2.91. The van der Waals surface area contributed by atoms with Gasteiger partial charge in [-0.15, -0.1) is 5.10 Å². The molecule has 0 aliphatic heterocycles. The Kier molecular flexibility index (Phi) is 5.14. The predicted molar refractivity (Wildman–Crippen MR) is 91.9 cm³/mol. The maximum Gasteiger partial charge on any atom is 0.416 e. The molecule has 1 aromatic carbocycles. The second-order valence-corrected chi connectivity index (χ2v) is 6.86. The first kappa shape index (κ1) is 19.8. The van der Waals surface area contributed by atoms with Crippen molar-refractivity contribution in [1.29, 1.82) is 0 Å². The molecule has 150 valence electrons. The molecule has 7 nitrogen and oxygen atoms in total. The van der Waals surface area contributed by atoms with Gasteiger partial charge in [0.2, 0.25) is 0 Å². The van der Waals surface area contributed by atoms with Gasteiger partial charge < -0.3 is 10.0 Å². The summed E-state index contributed by atoms with van der Waals surface area (Å²) >= 11 is 0. The van der Waals surface area contributed by atoms with E-state index in [2.05, 4.69) is 10.3 Å². The molecule has 28 heavy (non-hydrogen) atoms. The number of carboxylic acids is 1. The van der Waals surface area contributed by atoms with Gasteiger partial charge in [0, 0.05) is 7.05 Å². The minimum absolute atomic E-state index is 0.0923. The normalized spacial score (nSPS) is 16.6. The number of carbonyl (C=O) groups excluding carboxylic acids is 1. The van der Waals surface area contributed by atoms with Gasteiger partial charge in [0.1, 0.15) is 5.54 Å². The third kappa shape index (κ3) is 3.58. The van der Waals surface area contributed by atoms with Crippen molar-refractivity contribution in [2.75, 3.05) is 7.05 Å². The van der Waals surface area contributed by atoms with Gasteiger partial charge in [-0.1, -0.05) is 30.5 Å². The summed E-state index contributed by atoms with van der Waals surface area (Å²) in [5, 5.41) is 17.2. The number of amides is 1. The van der Waals surface area contributed by atoms with Gasteiger partial charge in [0.25, 0.3) is 5.91 Å². The van der Waals surface area contributed by atoms with Crippen molar-refractivity contribution >= 4 is 11.9 Å². The summed E-state index contributed by atoms with van der Waals surface area (Å²) in [6.07, 6.45) is -0.333. The summed E-state index contributed by atoms with van der Waals surface area (Å²) in [7, 11) is 1.41. The van der Waals surface area contributed by atoms with Crippen LogP contribution in [-0.2, 0) is 11.0 Å². The average Bonchev–Trinajstić information content (AvgIpc) is 3.17. The highest BCUT2D eigenvalue weighted by molar-refractivity contribution is 5.96. The summed E-state index contributed by atoms with van der Waals surface area (Å²) in [6, 6.07) is 4.46. The van der Waals surface area contributed by atoms with Crippen LogP contribution in [0.15, 0.2) is 30.5 Å². The molecule has 1 aliphatic carbocycles. The number of carboxylic acid groups (broad SMARTS) is 1. The zero-order valence-electron chi connectivity index (χ0n) is 15.1. The number of alkyl halides is 3. The molecule has 3 rings (SSSR count). The lowest BCUT2D eigenvalue weighted by Gasteiger charge is -2.40. The fourth-order valence-electron chi connectivity index (χ4n) is 3.51. The van der Waals surface area contributed by atoms with Crippen molar-refractivity contribution in [2.24, 2.45) is 0 Å². The monoisotopic (exact) mass is 396 g/mol. The van der Waals surface area contributed by atoms with Gasteiger partial charge in [0.15, 0.2) is 5.69 Å². The zero-order chi connectivity index (χ0) is 20.5. The second-order valence-electron chi connectivity index (χ2n) is 6.86. The molecule has 1 aromatic heterocycles. The third-order valence-corrected chi connectivity index (χ3v) is 5.18. The molecule has 10 heteroatoms. The summed E-state index contributed by atoms with van der Waals surface area (Å²) in [6.45, 7) is 0. The number of nitrogens with zero attached hydrogens (tertiary/aromatic N) is 4. The lowest BCUT2D eigenvalue weighted by Crippen LogP contribution is -2.56. The van der Waals surface area contributed by atoms with Crippen LogP contribution in [0.5, 0.6) is 0 Å². The largest absolute Gasteiger partial charge is 0.479 e. The van der Waals surface area contributed by atoms with Crippen molar-refractivity contribution in [2.45, 2.75) is 43.8 Å². The Balaban J connectivity index is 1.87. The van der Waals surface area contributed by atoms with Crippen LogP contribution >= 0.6 is 0 Å². The van der Waals surface area contributed by atoms with Crippen LogP contribution in [0, 0.1) is 0 Å². The maximum atomic E-state index is 12.9. The van der Waals surface area contributed by atoms with Gasteiger partial charge in [-0.3, -0.25) is 4.79 Å². The van der Waals surface area contributed by atoms with Crippen LogP contribution in [0.25, 0.3) is 5.69 Å². The Labute approximate surface area is 158 Å². The van der Waals surface area contributed by atoms with Crippen LogP contribution in [-0.4, -0.2) is 49.5 Å². The third-order valence-electron chi connectivity index (χ3n) is 5.18. The SMILES string of the molecule is CN(C(=O)c1cn(-c2cccc(C(F)(F)F)c2)nn1)C1(C(=O)O)CCCCC1. The lowest BCUT2D eigenvalue weighted by atomic mass is 9.80. The molecule has 1 heterocycles. The molecule has 1 N–H and O–H groups in total. The minimum Gasteiger partial charge on any atom is -0.479 e. The smallest absolute Gasteiger partial charge is 0.416 e. The summed E-state index contributed by atoms with van der Waals surface area (Å²) < 4.78 is 39.7. The number of carbonyl (C=O) groups is 2. The highest BCUT2D eigenvalue weighted by Gasteiger charge is 2.46. The van der Waals surface area contributed by atoms with Gasteiger partial charge in [-0.05, 0) is 31.0 Å². The quantitative estimate of drug-likeness (QED) is 0.858. The van der Waals surface area contributed by atoms with E-state index in [-0.39, 0.29) is 11.4 Å². The molecule has 0 bridgehead atoms. The average molecular weight is 396 g/mol. The molecule has 1 saturated carbocycles. The topological polar surface area (TPSA) is 88.3 Å². The fourth-order valence-corrected chi connectivity index (χ4v) is 3.51. The van der Waals surface area contributed by atoms with Crippen molar-refractivity contribution in [1.82, 2.24) is 19.9 Å². The maximum absolute atomic E-state index is 12.9. The number of rotatable bonds is 4. The van der Waals surface area contributed by atoms with Crippen LogP contribution in [0.1, 0.15) is 48.2 Å². The Morgan fingerprint density at radius 3 is 2.50 bits per heavy atom.